The van der Waals surface area contributed by atoms with E-state index in [0.29, 0.717) is 0 Å². The molecule has 3 nitrogen and oxygen atoms in total. The number of aryl methyl sites for hydroxylation is 1. The first-order valence-corrected chi connectivity index (χ1v) is 5.65. The Morgan fingerprint density at radius 1 is 1.12 bits per heavy atom. The first-order valence-electron chi connectivity index (χ1n) is 5.65. The maximum atomic E-state index is 4.41. The van der Waals surface area contributed by atoms with E-state index in [-0.39, 0.29) is 0 Å². The molecule has 0 radical (unpaired) electrons. The molecule has 0 unspecified atom stereocenters. The Kier molecular flexibility index (Phi) is 2.37. The van der Waals surface area contributed by atoms with E-state index in [2.05, 4.69) is 22.2 Å². The SMILES string of the molecule is Cc1ccn(Cc2ccnc3ccccc23)n1. The van der Waals surface area contributed by atoms with Crippen LogP contribution in [-0.2, 0) is 6.54 Å². The largest absolute Gasteiger partial charge is 0.268 e. The first-order chi connectivity index (χ1) is 8.33. The van der Waals surface area contributed by atoms with E-state index in [1.807, 2.05) is 48.3 Å². The molecule has 0 fully saturated rings. The highest BCUT2D eigenvalue weighted by molar-refractivity contribution is 5.81. The molecule has 0 atom stereocenters. The van der Waals surface area contributed by atoms with Crippen LogP contribution in [0, 0.1) is 6.92 Å². The van der Waals surface area contributed by atoms with E-state index in [0.717, 1.165) is 17.8 Å². The maximum absolute atomic E-state index is 4.41. The zero-order valence-corrected chi connectivity index (χ0v) is 9.67. The van der Waals surface area contributed by atoms with E-state index < -0.39 is 0 Å². The van der Waals surface area contributed by atoms with Crippen LogP contribution in [0.3, 0.4) is 0 Å². The van der Waals surface area contributed by atoms with E-state index in [1.54, 1.807) is 0 Å². The normalized spacial score (nSPS) is 10.9. The zero-order valence-electron chi connectivity index (χ0n) is 9.67. The molecule has 0 aliphatic rings. The van der Waals surface area contributed by atoms with Crippen molar-refractivity contribution in [1.29, 1.82) is 0 Å². The Hall–Kier alpha value is -2.16. The van der Waals surface area contributed by atoms with Crippen LogP contribution in [0.2, 0.25) is 0 Å². The summed E-state index contributed by atoms with van der Waals surface area (Å²) >= 11 is 0. The van der Waals surface area contributed by atoms with E-state index >= 15 is 0 Å². The molecule has 3 heteroatoms. The van der Waals surface area contributed by atoms with E-state index in [9.17, 15) is 0 Å². The molecule has 3 aromatic rings. The van der Waals surface area contributed by atoms with Gasteiger partial charge in [-0.1, -0.05) is 18.2 Å². The third-order valence-corrected chi connectivity index (χ3v) is 2.85. The van der Waals surface area contributed by atoms with Crippen LogP contribution < -0.4 is 0 Å². The van der Waals surface area contributed by atoms with Crippen LogP contribution in [-0.4, -0.2) is 14.8 Å². The quantitative estimate of drug-likeness (QED) is 0.668. The lowest BCUT2D eigenvalue weighted by molar-refractivity contribution is 0.682. The summed E-state index contributed by atoms with van der Waals surface area (Å²) in [5.74, 6) is 0. The summed E-state index contributed by atoms with van der Waals surface area (Å²) in [6.45, 7) is 2.79. The van der Waals surface area contributed by atoms with Gasteiger partial charge in [-0.05, 0) is 30.7 Å². The number of para-hydroxylation sites is 1. The Morgan fingerprint density at radius 3 is 2.82 bits per heavy atom. The molecule has 0 N–H and O–H groups in total. The lowest BCUT2D eigenvalue weighted by Gasteiger charge is -2.05. The average molecular weight is 223 g/mol. The number of aromatic nitrogens is 3. The maximum Gasteiger partial charge on any atom is 0.0705 e. The minimum absolute atomic E-state index is 0.789. The topological polar surface area (TPSA) is 30.7 Å². The molecule has 2 aromatic heterocycles. The monoisotopic (exact) mass is 223 g/mol. The highest BCUT2D eigenvalue weighted by Crippen LogP contribution is 2.16. The number of hydrogen-bond acceptors (Lipinski definition) is 2. The van der Waals surface area contributed by atoms with Crippen LogP contribution in [0.25, 0.3) is 10.9 Å². The second-order valence-corrected chi connectivity index (χ2v) is 4.14. The van der Waals surface area contributed by atoms with Gasteiger partial charge in [-0.15, -0.1) is 0 Å². The number of nitrogens with zero attached hydrogens (tertiary/aromatic N) is 3. The van der Waals surface area contributed by atoms with Gasteiger partial charge >= 0.3 is 0 Å². The van der Waals surface area contributed by atoms with E-state index in [4.69, 9.17) is 0 Å². The molecule has 0 spiro atoms. The molecule has 3 rings (SSSR count). The highest BCUT2D eigenvalue weighted by Gasteiger charge is 2.02. The Morgan fingerprint density at radius 2 is 2.00 bits per heavy atom. The lowest BCUT2D eigenvalue weighted by atomic mass is 10.1. The molecule has 1 aromatic carbocycles. The predicted octanol–water partition coefficient (Wildman–Crippen LogP) is 2.79. The van der Waals surface area contributed by atoms with Gasteiger partial charge < -0.3 is 0 Å². The summed E-state index contributed by atoms with van der Waals surface area (Å²) in [5.41, 5.74) is 3.33. The third-order valence-electron chi connectivity index (χ3n) is 2.85. The summed E-state index contributed by atoms with van der Waals surface area (Å²) in [4.78, 5) is 4.36. The van der Waals surface area contributed by atoms with Crippen LogP contribution in [0.4, 0.5) is 0 Å². The number of pyridine rings is 1. The fourth-order valence-electron chi connectivity index (χ4n) is 2.02. The molecular formula is C14H13N3. The van der Waals surface area contributed by atoms with Crippen molar-refractivity contribution in [2.75, 3.05) is 0 Å². The van der Waals surface area contributed by atoms with E-state index in [1.165, 1.54) is 10.9 Å². The average Bonchev–Trinajstić information content (AvgIpc) is 2.75. The number of rotatable bonds is 2. The number of fused-ring (bicyclic) bond motifs is 1. The molecule has 0 saturated carbocycles. The second kappa shape index (κ2) is 4.01. The minimum atomic E-state index is 0.789. The van der Waals surface area contributed by atoms with Crippen molar-refractivity contribution < 1.29 is 0 Å². The smallest absolute Gasteiger partial charge is 0.0705 e. The lowest BCUT2D eigenvalue weighted by Crippen LogP contribution is -2.01. The minimum Gasteiger partial charge on any atom is -0.268 e. The van der Waals surface area contributed by atoms with Gasteiger partial charge in [0.05, 0.1) is 17.8 Å². The molecule has 0 saturated heterocycles. The zero-order chi connectivity index (χ0) is 11.7. The van der Waals surface area contributed by atoms with Crippen LogP contribution >= 0.6 is 0 Å². The standard InChI is InChI=1S/C14H13N3/c1-11-7-9-17(16-11)10-12-6-8-15-14-5-3-2-4-13(12)14/h2-9H,10H2,1H3. The third kappa shape index (κ3) is 1.91. The molecule has 0 bridgehead atoms. The number of hydrogen-bond donors (Lipinski definition) is 0. The van der Waals surface area contributed by atoms with Gasteiger partial charge in [0.1, 0.15) is 0 Å². The van der Waals surface area contributed by atoms with Crippen LogP contribution in [0.5, 0.6) is 0 Å². The molecule has 84 valence electrons. The fraction of sp³-hybridized carbons (Fsp3) is 0.143. The summed E-state index contributed by atoms with van der Waals surface area (Å²) in [6.07, 6.45) is 3.86. The highest BCUT2D eigenvalue weighted by atomic mass is 15.3. The second-order valence-electron chi connectivity index (χ2n) is 4.14. The predicted molar refractivity (Wildman–Crippen MR) is 67.8 cm³/mol. The molecule has 0 aliphatic heterocycles. The van der Waals surface area contributed by atoms with Gasteiger partial charge in [0.2, 0.25) is 0 Å². The summed E-state index contributed by atoms with van der Waals surface area (Å²) in [5, 5.41) is 5.61. The van der Waals surface area contributed by atoms with Crippen LogP contribution in [0.1, 0.15) is 11.3 Å². The molecule has 2 heterocycles. The molecule has 0 amide bonds. The van der Waals surface area contributed by atoms with Gasteiger partial charge in [-0.25, -0.2) is 0 Å². The fourth-order valence-corrected chi connectivity index (χ4v) is 2.02. The Labute approximate surface area is 99.7 Å². The van der Waals surface area contributed by atoms with Crippen LogP contribution in [0.15, 0.2) is 48.8 Å². The first kappa shape index (κ1) is 10.0. The van der Waals surface area contributed by atoms with Crippen molar-refractivity contribution in [3.05, 3.63) is 60.0 Å². The number of benzene rings is 1. The van der Waals surface area contributed by atoms with Gasteiger partial charge in [0.25, 0.3) is 0 Å². The van der Waals surface area contributed by atoms with Crippen molar-refractivity contribution in [1.82, 2.24) is 14.8 Å². The van der Waals surface area contributed by atoms with Gasteiger partial charge in [0.15, 0.2) is 0 Å². The molecule has 0 aliphatic carbocycles. The molecular weight excluding hydrogens is 210 g/mol. The Balaban J connectivity index is 2.05. The van der Waals surface area contributed by atoms with Crippen molar-refractivity contribution >= 4 is 10.9 Å². The van der Waals surface area contributed by atoms with Gasteiger partial charge in [-0.3, -0.25) is 9.67 Å². The van der Waals surface area contributed by atoms with Crippen molar-refractivity contribution in [3.8, 4) is 0 Å². The summed E-state index contributed by atoms with van der Waals surface area (Å²) < 4.78 is 1.96. The molecule has 17 heavy (non-hydrogen) atoms. The van der Waals surface area contributed by atoms with Crippen molar-refractivity contribution in [2.45, 2.75) is 13.5 Å². The van der Waals surface area contributed by atoms with Crippen molar-refractivity contribution in [2.24, 2.45) is 0 Å². The summed E-state index contributed by atoms with van der Waals surface area (Å²) in [7, 11) is 0. The van der Waals surface area contributed by atoms with Gasteiger partial charge in [0, 0.05) is 17.8 Å². The van der Waals surface area contributed by atoms with Crippen molar-refractivity contribution in [3.63, 3.8) is 0 Å². The summed E-state index contributed by atoms with van der Waals surface area (Å²) in [6, 6.07) is 12.3. The Bertz CT molecular complexity index is 650. The van der Waals surface area contributed by atoms with Gasteiger partial charge in [-0.2, -0.15) is 5.10 Å².